The third kappa shape index (κ3) is 4.33. The number of hydrogen-bond acceptors (Lipinski definition) is 3. The molecule has 1 aromatic heterocycles. The van der Waals surface area contributed by atoms with E-state index in [1.165, 1.54) is 23.6 Å². The fourth-order valence-corrected chi connectivity index (χ4v) is 3.79. The van der Waals surface area contributed by atoms with Gasteiger partial charge in [-0.3, -0.25) is 4.79 Å². The van der Waals surface area contributed by atoms with Crippen molar-refractivity contribution in [1.82, 2.24) is 20.0 Å². The SMILES string of the molecule is O=C(NCCN1CCCC1)c1cc(-c2ccccc2F)nn1-c1ccccc1Cl. The Morgan fingerprint density at radius 1 is 1.10 bits per heavy atom. The van der Waals surface area contributed by atoms with E-state index < -0.39 is 5.82 Å². The molecule has 7 heteroatoms. The summed E-state index contributed by atoms with van der Waals surface area (Å²) >= 11 is 6.34. The smallest absolute Gasteiger partial charge is 0.270 e. The van der Waals surface area contributed by atoms with Crippen LogP contribution in [0.15, 0.2) is 54.6 Å². The number of halogens is 2. The molecule has 2 heterocycles. The van der Waals surface area contributed by atoms with Crippen LogP contribution < -0.4 is 5.32 Å². The molecule has 0 radical (unpaired) electrons. The number of amides is 1. The zero-order valence-electron chi connectivity index (χ0n) is 15.9. The van der Waals surface area contributed by atoms with Gasteiger partial charge >= 0.3 is 0 Å². The van der Waals surface area contributed by atoms with Crippen LogP contribution in [0.25, 0.3) is 16.9 Å². The quantitative estimate of drug-likeness (QED) is 0.661. The molecule has 150 valence electrons. The van der Waals surface area contributed by atoms with Crippen LogP contribution in [0.1, 0.15) is 23.3 Å². The van der Waals surface area contributed by atoms with Gasteiger partial charge in [-0.25, -0.2) is 9.07 Å². The second kappa shape index (κ2) is 8.76. The van der Waals surface area contributed by atoms with Gasteiger partial charge < -0.3 is 10.2 Å². The first-order valence-electron chi connectivity index (χ1n) is 9.74. The number of aromatic nitrogens is 2. The van der Waals surface area contributed by atoms with E-state index in [0.29, 0.717) is 34.2 Å². The average molecular weight is 413 g/mol. The van der Waals surface area contributed by atoms with Crippen LogP contribution in [0, 0.1) is 5.82 Å². The highest BCUT2D eigenvalue weighted by Gasteiger charge is 2.20. The molecule has 0 spiro atoms. The fraction of sp³-hybridized carbons (Fsp3) is 0.273. The number of nitrogens with one attached hydrogen (secondary N) is 1. The van der Waals surface area contributed by atoms with Gasteiger partial charge in [0.1, 0.15) is 11.5 Å². The Hall–Kier alpha value is -2.70. The van der Waals surface area contributed by atoms with Crippen molar-refractivity contribution in [2.75, 3.05) is 26.2 Å². The summed E-state index contributed by atoms with van der Waals surface area (Å²) in [7, 11) is 0. The third-order valence-corrected chi connectivity index (χ3v) is 5.40. The van der Waals surface area contributed by atoms with E-state index in [-0.39, 0.29) is 5.91 Å². The Morgan fingerprint density at radius 2 is 1.83 bits per heavy atom. The van der Waals surface area contributed by atoms with Crippen molar-refractivity contribution in [2.24, 2.45) is 0 Å². The zero-order chi connectivity index (χ0) is 20.2. The first-order chi connectivity index (χ1) is 14.1. The normalized spacial score (nSPS) is 14.3. The molecule has 0 saturated carbocycles. The fourth-order valence-electron chi connectivity index (χ4n) is 3.57. The third-order valence-electron chi connectivity index (χ3n) is 5.08. The summed E-state index contributed by atoms with van der Waals surface area (Å²) in [6.07, 6.45) is 2.42. The standard InChI is InChI=1S/C22H22ClFN4O/c23-17-8-2-4-10-20(17)28-21(22(29)25-11-14-27-12-5-6-13-27)15-19(26-28)16-7-1-3-9-18(16)24/h1-4,7-10,15H,5-6,11-14H2,(H,25,29). The summed E-state index contributed by atoms with van der Waals surface area (Å²) in [5.41, 5.74) is 1.61. The molecule has 0 unspecified atom stereocenters. The van der Waals surface area contributed by atoms with Crippen LogP contribution in [-0.2, 0) is 0 Å². The Labute approximate surface area is 174 Å². The molecule has 0 atom stereocenters. The summed E-state index contributed by atoms with van der Waals surface area (Å²) in [6.45, 7) is 3.50. The molecule has 1 fully saturated rings. The van der Waals surface area contributed by atoms with Crippen LogP contribution >= 0.6 is 11.6 Å². The molecule has 29 heavy (non-hydrogen) atoms. The highest BCUT2D eigenvalue weighted by atomic mass is 35.5. The van der Waals surface area contributed by atoms with E-state index in [9.17, 15) is 9.18 Å². The summed E-state index contributed by atoms with van der Waals surface area (Å²) in [6, 6.07) is 15.1. The molecular weight excluding hydrogens is 391 g/mol. The van der Waals surface area contributed by atoms with Gasteiger partial charge in [0, 0.05) is 18.7 Å². The Morgan fingerprint density at radius 3 is 2.59 bits per heavy atom. The van der Waals surface area contributed by atoms with Crippen LogP contribution in [0.4, 0.5) is 4.39 Å². The minimum Gasteiger partial charge on any atom is -0.349 e. The summed E-state index contributed by atoms with van der Waals surface area (Å²) in [5, 5.41) is 7.92. The predicted octanol–water partition coefficient (Wildman–Crippen LogP) is 4.16. The number of rotatable bonds is 6. The monoisotopic (exact) mass is 412 g/mol. The topological polar surface area (TPSA) is 50.2 Å². The van der Waals surface area contributed by atoms with E-state index >= 15 is 0 Å². The van der Waals surface area contributed by atoms with E-state index in [4.69, 9.17) is 11.6 Å². The molecule has 3 aromatic rings. The van der Waals surface area contributed by atoms with Gasteiger partial charge in [-0.1, -0.05) is 35.9 Å². The van der Waals surface area contributed by atoms with Crippen molar-refractivity contribution in [3.63, 3.8) is 0 Å². The molecule has 5 nitrogen and oxygen atoms in total. The maximum Gasteiger partial charge on any atom is 0.270 e. The number of carbonyl (C=O) groups is 1. The van der Waals surface area contributed by atoms with Gasteiger partial charge in [-0.05, 0) is 56.3 Å². The molecular formula is C22H22ClFN4O. The van der Waals surface area contributed by atoms with E-state index in [1.54, 1.807) is 36.4 Å². The number of nitrogens with zero attached hydrogens (tertiary/aromatic N) is 3. The van der Waals surface area contributed by atoms with Crippen molar-refractivity contribution in [3.8, 4) is 16.9 Å². The van der Waals surface area contributed by atoms with E-state index in [0.717, 1.165) is 19.6 Å². The number of hydrogen-bond donors (Lipinski definition) is 1. The average Bonchev–Trinajstić information content (AvgIpc) is 3.39. The Bertz CT molecular complexity index is 1010. The first kappa shape index (κ1) is 19.6. The van der Waals surface area contributed by atoms with Gasteiger partial charge in [0.2, 0.25) is 0 Å². The molecule has 0 bridgehead atoms. The van der Waals surface area contributed by atoms with Crippen LogP contribution in [0.2, 0.25) is 5.02 Å². The number of likely N-dealkylation sites (tertiary alicyclic amines) is 1. The Balaban J connectivity index is 1.64. The second-order valence-corrected chi connectivity index (χ2v) is 7.47. The lowest BCUT2D eigenvalue weighted by Gasteiger charge is -2.15. The van der Waals surface area contributed by atoms with Gasteiger partial charge in [-0.2, -0.15) is 5.10 Å². The lowest BCUT2D eigenvalue weighted by Crippen LogP contribution is -2.34. The summed E-state index contributed by atoms with van der Waals surface area (Å²) < 4.78 is 15.8. The van der Waals surface area contributed by atoms with Crippen molar-refractivity contribution < 1.29 is 9.18 Å². The number of carbonyl (C=O) groups excluding carboxylic acids is 1. The molecule has 1 saturated heterocycles. The molecule has 1 N–H and O–H groups in total. The molecule has 1 amide bonds. The van der Waals surface area contributed by atoms with Crippen molar-refractivity contribution in [2.45, 2.75) is 12.8 Å². The van der Waals surface area contributed by atoms with E-state index in [2.05, 4.69) is 15.3 Å². The number of benzene rings is 2. The molecule has 2 aromatic carbocycles. The highest BCUT2D eigenvalue weighted by molar-refractivity contribution is 6.32. The molecule has 1 aliphatic rings. The van der Waals surface area contributed by atoms with Gasteiger partial charge in [0.05, 0.1) is 16.4 Å². The van der Waals surface area contributed by atoms with Crippen molar-refractivity contribution in [3.05, 3.63) is 71.1 Å². The van der Waals surface area contributed by atoms with Crippen LogP contribution in [-0.4, -0.2) is 46.8 Å². The van der Waals surface area contributed by atoms with Crippen molar-refractivity contribution >= 4 is 17.5 Å². The van der Waals surface area contributed by atoms with Gasteiger partial charge in [0.25, 0.3) is 5.91 Å². The minimum atomic E-state index is -0.391. The zero-order valence-corrected chi connectivity index (χ0v) is 16.7. The van der Waals surface area contributed by atoms with Crippen LogP contribution in [0.5, 0.6) is 0 Å². The largest absolute Gasteiger partial charge is 0.349 e. The summed E-state index contributed by atoms with van der Waals surface area (Å²) in [5.74, 6) is -0.656. The maximum atomic E-state index is 14.3. The first-order valence-corrected chi connectivity index (χ1v) is 10.1. The van der Waals surface area contributed by atoms with Crippen molar-refractivity contribution in [1.29, 1.82) is 0 Å². The Kier molecular flexibility index (Phi) is 5.92. The number of para-hydroxylation sites is 1. The van der Waals surface area contributed by atoms with Gasteiger partial charge in [0.15, 0.2) is 0 Å². The molecule has 0 aliphatic carbocycles. The molecule has 4 rings (SSSR count). The van der Waals surface area contributed by atoms with E-state index in [1.807, 2.05) is 12.1 Å². The highest BCUT2D eigenvalue weighted by Crippen LogP contribution is 2.27. The maximum absolute atomic E-state index is 14.3. The lowest BCUT2D eigenvalue weighted by atomic mass is 10.1. The second-order valence-electron chi connectivity index (χ2n) is 7.06. The van der Waals surface area contributed by atoms with Gasteiger partial charge in [-0.15, -0.1) is 0 Å². The minimum absolute atomic E-state index is 0.265. The predicted molar refractivity (Wildman–Crippen MR) is 112 cm³/mol. The molecule has 1 aliphatic heterocycles. The summed E-state index contributed by atoms with van der Waals surface area (Å²) in [4.78, 5) is 15.3. The van der Waals surface area contributed by atoms with Crippen LogP contribution in [0.3, 0.4) is 0 Å². The lowest BCUT2D eigenvalue weighted by molar-refractivity contribution is 0.0942.